The van der Waals surface area contributed by atoms with Crippen molar-refractivity contribution in [2.75, 3.05) is 21.3 Å². The molecule has 650 valence electrons. The first kappa shape index (κ1) is 107. The maximum absolute atomic E-state index is 11.9. The Labute approximate surface area is 791 Å². The van der Waals surface area contributed by atoms with Crippen LogP contribution in [0, 0.1) is 0 Å². The molecule has 0 aliphatic carbocycles. The van der Waals surface area contributed by atoms with Gasteiger partial charge in [-0.3, -0.25) is 24.5 Å². The van der Waals surface area contributed by atoms with Gasteiger partial charge in [0.25, 0.3) is 0 Å². The molecule has 0 saturated carbocycles. The fourth-order valence-electron chi connectivity index (χ4n) is 10.8. The van der Waals surface area contributed by atoms with Gasteiger partial charge < -0.3 is 18.9 Å². The molecular weight excluding hydrogens is 2140 g/mol. The van der Waals surface area contributed by atoms with Crippen LogP contribution < -0.4 is 31.8 Å². The van der Waals surface area contributed by atoms with E-state index in [9.17, 15) is 28.8 Å². The Bertz CT molecular complexity index is 5100. The van der Waals surface area contributed by atoms with Crippen molar-refractivity contribution < 1.29 is 73.1 Å². The van der Waals surface area contributed by atoms with Crippen molar-refractivity contribution in [1.29, 1.82) is 0 Å². The first-order chi connectivity index (χ1) is 59.6. The zero-order chi connectivity index (χ0) is 90.7. The molecule has 0 amide bonds. The van der Waals surface area contributed by atoms with Gasteiger partial charge in [0.1, 0.15) is 18.4 Å². The van der Waals surface area contributed by atoms with Gasteiger partial charge in [-0.15, -0.1) is 11.6 Å². The van der Waals surface area contributed by atoms with Crippen LogP contribution in [0.4, 0.5) is 0 Å². The second kappa shape index (κ2) is 61.0. The molecule has 0 saturated heterocycles. The molecule has 0 fully saturated rings. The Morgan fingerprint density at radius 3 is 0.976 bits per heavy atom. The third-order valence-corrected chi connectivity index (χ3v) is 24.8. The van der Waals surface area contributed by atoms with E-state index in [1.807, 2.05) is 48.5 Å². The van der Waals surface area contributed by atoms with Crippen LogP contribution in [-0.4, -0.2) is 143 Å². The van der Waals surface area contributed by atoms with Crippen molar-refractivity contribution in [3.8, 4) is 0 Å². The van der Waals surface area contributed by atoms with Crippen LogP contribution in [0.5, 0.6) is 0 Å². The van der Waals surface area contributed by atoms with E-state index in [1.165, 1.54) is 90.5 Å². The molecule has 8 aromatic carbocycles. The molecule has 17 nitrogen and oxygen atoms in total. The zero-order valence-corrected chi connectivity index (χ0v) is 87.6. The number of benzene rings is 8. The van der Waals surface area contributed by atoms with Crippen molar-refractivity contribution in [3.05, 3.63) is 351 Å². The topological polar surface area (TPSA) is 222 Å². The number of pyridine rings is 5. The number of fused-ring (bicyclic) bond motifs is 2. The quantitative estimate of drug-likeness (QED) is 0.0163. The van der Waals surface area contributed by atoms with Crippen LogP contribution in [0.1, 0.15) is 98.4 Å². The fraction of sp³-hybridized carbons (Fsp3) is 0.211. The minimum atomic E-state index is -0.543. The number of carbonyl (C=O) groups is 6. The van der Waals surface area contributed by atoms with E-state index in [1.54, 1.807) is 36.7 Å². The number of esters is 6. The zero-order valence-electron chi connectivity index (χ0n) is 71.1. The van der Waals surface area contributed by atoms with Crippen molar-refractivity contribution in [2.24, 2.45) is 0 Å². The van der Waals surface area contributed by atoms with E-state index in [0.29, 0.717) is 56.2 Å². The molecule has 0 N–H and O–H groups in total. The van der Waals surface area contributed by atoms with Crippen LogP contribution in [0.15, 0.2) is 279 Å². The Balaban J connectivity index is 0.000000260. The number of halogens is 6. The number of hydrogen-bond acceptors (Lipinski definition) is 17. The molecule has 0 spiro atoms. The summed E-state index contributed by atoms with van der Waals surface area (Å²) in [6.45, 7) is 6.16. The monoisotopic (exact) mass is 2240 g/mol. The predicted octanol–water partition coefficient (Wildman–Crippen LogP) is 21.5. The maximum Gasteiger partial charge on any atom is -0.0134 e. The minimum Gasteiger partial charge on any atom is -0.0622 e. The Morgan fingerprint density at radius 2 is 0.669 bits per heavy atom. The van der Waals surface area contributed by atoms with E-state index in [2.05, 4.69) is 248 Å². The molecule has 5 heterocycles. The normalized spacial score (nSPS) is 10.2. The number of carbonyl (C=O) groups excluding carboxylic acids is 6. The molecule has 124 heavy (non-hydrogen) atoms. The second-order valence-corrected chi connectivity index (χ2v) is 57.3. The van der Waals surface area contributed by atoms with E-state index in [-0.39, 0.29) is 52.4 Å². The van der Waals surface area contributed by atoms with Crippen LogP contribution in [0.25, 0.3) is 21.8 Å². The number of ether oxygens (including phenoxy) is 6. The standard InChI is InChI=1S/C20H17ClN2O4.2C18H15P.C11H12NO4.C10H7Cl2N.C10H10ClNO4.C2H5.6CH3.2ClH.Pd.3Sn/c1-12(24)27-11-18-9-15(20(25)26-2)8-17(23-18)6-13-3-4-19-14(5-13)7-16(21)10-22-19;2*1-4-10-16(11-5-1)19(17-12-6-2-7-13-17)18-14-8-3-9-15-18;1-7-4-9(11(14)15-3)5-10(12-7)6-16-8(2)13;11-5-7-1-2-10-8(3-7)4-9(12)6-13-10;1-6(13)16-5-8-3-7(10(14)15-2)4-9(11)12-8;1-2;;;;;;;;;;;;/h3-5,7-10H,6,11H2,1-2H3;2*1-15H;4-5H,1,6H2,2-3H3;1-4,6H,5H2;3-4H,5H2,1-2H3;1H2,2H3;6*1H3;2*1H;;;;/q;;;;;;;;;;;;;;;+2;;;/p-2. The number of rotatable bonds is 21. The van der Waals surface area contributed by atoms with Crippen LogP contribution >= 0.6 is 81.3 Å². The maximum atomic E-state index is 11.9. The van der Waals surface area contributed by atoms with Crippen LogP contribution in [-0.2, 0) is 95.3 Å². The molecular formula is C95H99Cl6N5O12P2PdSn3. The summed E-state index contributed by atoms with van der Waals surface area (Å²) in [5.74, 6) is -2.08. The summed E-state index contributed by atoms with van der Waals surface area (Å²) in [7, 11) is 12.7. The summed E-state index contributed by atoms with van der Waals surface area (Å²) in [6.07, 6.45) is 3.73. The average molecular weight is 2240 g/mol. The number of nitrogens with zero attached hydrogens (tertiary/aromatic N) is 5. The van der Waals surface area contributed by atoms with E-state index >= 15 is 0 Å². The fourth-order valence-corrected chi connectivity index (χ4v) is 18.1. The molecule has 0 aliphatic rings. The predicted molar refractivity (Wildman–Crippen MR) is 513 cm³/mol. The van der Waals surface area contributed by atoms with Gasteiger partial charge in [0.2, 0.25) is 0 Å². The molecule has 0 bridgehead atoms. The summed E-state index contributed by atoms with van der Waals surface area (Å²) in [5.41, 5.74) is 7.95. The van der Waals surface area contributed by atoms with Crippen molar-refractivity contribution in [3.63, 3.8) is 0 Å². The van der Waals surface area contributed by atoms with Gasteiger partial charge in [-0.05, 0) is 119 Å². The average Bonchev–Trinajstić information content (AvgIpc) is 0.823. The summed E-state index contributed by atoms with van der Waals surface area (Å²) in [6, 6.07) is 89.6. The van der Waals surface area contributed by atoms with E-state index in [4.69, 9.17) is 89.1 Å². The molecule has 13 aromatic rings. The minimum absolute atomic E-state index is 0.00951. The van der Waals surface area contributed by atoms with Gasteiger partial charge in [0.15, 0.2) is 0 Å². The first-order valence-corrected chi connectivity index (χ1v) is 68.1. The van der Waals surface area contributed by atoms with Gasteiger partial charge in [0.05, 0.1) is 57.8 Å². The molecule has 0 unspecified atom stereocenters. The Kier molecular flexibility index (Phi) is 52.7. The first-order valence-electron chi connectivity index (χ1n) is 38.5. The SMILES string of the molecule is COC(=O)c1cc(COC(C)=O)nc(Cc2ccc3ncc(Cl)cc3c2)c1.COC(=O)c1cc(Cl)nc(COC(C)=O)c1.C[CH2][Sn][CH2]c1cc(C(=O)OC)cc(COC(C)=O)n1.ClCc1ccc2ncc(Cl)cc2c1.[CH3][Sn]([CH3])[CH3].[CH3][Sn]([CH3])[CH3].[Cl][Pd][Cl].c1ccc(P(c2ccccc2)c2ccccc2)cc1.c1ccc(P(c2ccccc2)c2ccccc2)cc1. The van der Waals surface area contributed by atoms with Gasteiger partial charge in [-0.1, -0.05) is 229 Å². The Morgan fingerprint density at radius 1 is 0.387 bits per heavy atom. The smallest absolute Gasteiger partial charge is 0.0134 e. The molecule has 0 aliphatic heterocycles. The number of hydrogen-bond donors (Lipinski definition) is 0. The van der Waals surface area contributed by atoms with E-state index in [0.717, 1.165) is 43.1 Å². The van der Waals surface area contributed by atoms with Gasteiger partial charge in [-0.2, -0.15) is 0 Å². The largest absolute Gasteiger partial charge is 0.0622 e. The van der Waals surface area contributed by atoms with Gasteiger partial charge in [-0.25, -0.2) is 14.6 Å². The van der Waals surface area contributed by atoms with Crippen molar-refractivity contribution in [1.82, 2.24) is 24.9 Å². The summed E-state index contributed by atoms with van der Waals surface area (Å²) in [5, 5.41) is 11.7. The molecule has 13 rings (SSSR count). The van der Waals surface area contributed by atoms with Gasteiger partial charge in [0, 0.05) is 55.0 Å². The second-order valence-electron chi connectivity index (χ2n) is 27.3. The van der Waals surface area contributed by atoms with Crippen molar-refractivity contribution in [2.45, 2.75) is 98.3 Å². The summed E-state index contributed by atoms with van der Waals surface area (Å²) >= 11 is 21.6. The third-order valence-electron chi connectivity index (χ3n) is 15.8. The van der Waals surface area contributed by atoms with E-state index < -0.39 is 106 Å². The molecule has 5 aromatic heterocycles. The molecule has 29 heteroatoms. The number of methoxy groups -OCH3 is 3. The summed E-state index contributed by atoms with van der Waals surface area (Å²) in [4.78, 5) is 103. The van der Waals surface area contributed by atoms with Crippen LogP contribution in [0.3, 0.4) is 0 Å². The van der Waals surface area contributed by atoms with Gasteiger partial charge >= 0.3 is 251 Å². The third kappa shape index (κ3) is 42.0. The molecule has 0 atom stereocenters. The summed E-state index contributed by atoms with van der Waals surface area (Å²) < 4.78 is 30.9. The number of alkyl halides is 1. The van der Waals surface area contributed by atoms with Crippen molar-refractivity contribution >= 4 is 231 Å². The van der Waals surface area contributed by atoms with Crippen LogP contribution in [0.2, 0.25) is 49.3 Å². The number of aromatic nitrogens is 5. The molecule has 4 radical (unpaired) electrons. The Hall–Kier alpha value is -7.49.